The van der Waals surface area contributed by atoms with E-state index < -0.39 is 0 Å². The van der Waals surface area contributed by atoms with Gasteiger partial charge in [0.2, 0.25) is 5.91 Å². The van der Waals surface area contributed by atoms with Crippen LogP contribution in [0.5, 0.6) is 0 Å². The molecule has 0 saturated carbocycles. The summed E-state index contributed by atoms with van der Waals surface area (Å²) in [5.41, 5.74) is 5.57. The molecule has 2 N–H and O–H groups in total. The van der Waals surface area contributed by atoms with Gasteiger partial charge in [-0.2, -0.15) is 0 Å². The standard InChI is InChI=1S/C14H27N3O/c1-3-14(4-2,11-15)13(18)17-9-8-16-7-5-6-12(16)10-17/h12H,3-11,15H2,1-2H3. The monoisotopic (exact) mass is 253 g/mol. The summed E-state index contributed by atoms with van der Waals surface area (Å²) >= 11 is 0. The molecule has 2 aliphatic rings. The Hall–Kier alpha value is -0.610. The van der Waals surface area contributed by atoms with E-state index in [0.29, 0.717) is 18.5 Å². The summed E-state index contributed by atoms with van der Waals surface area (Å²) in [6.07, 6.45) is 4.24. The van der Waals surface area contributed by atoms with Gasteiger partial charge in [0.25, 0.3) is 0 Å². The fourth-order valence-corrected chi connectivity index (χ4v) is 3.44. The van der Waals surface area contributed by atoms with Gasteiger partial charge in [0.1, 0.15) is 0 Å². The molecule has 0 aliphatic carbocycles. The van der Waals surface area contributed by atoms with E-state index in [2.05, 4.69) is 23.6 Å². The van der Waals surface area contributed by atoms with Crippen molar-refractivity contribution in [2.45, 2.75) is 45.6 Å². The number of carbonyl (C=O) groups excluding carboxylic acids is 1. The normalized spacial score (nSPS) is 25.3. The maximum Gasteiger partial charge on any atom is 0.230 e. The van der Waals surface area contributed by atoms with Crippen molar-refractivity contribution in [3.05, 3.63) is 0 Å². The fourth-order valence-electron chi connectivity index (χ4n) is 3.44. The van der Waals surface area contributed by atoms with Crippen LogP contribution >= 0.6 is 0 Å². The van der Waals surface area contributed by atoms with Crippen LogP contribution in [0.4, 0.5) is 0 Å². The lowest BCUT2D eigenvalue weighted by Crippen LogP contribution is -2.56. The first-order valence-corrected chi connectivity index (χ1v) is 7.40. The smallest absolute Gasteiger partial charge is 0.230 e. The summed E-state index contributed by atoms with van der Waals surface area (Å²) in [5.74, 6) is 0.293. The molecule has 0 aromatic rings. The first-order valence-electron chi connectivity index (χ1n) is 7.40. The maximum absolute atomic E-state index is 12.7. The molecule has 2 rings (SSSR count). The van der Waals surface area contributed by atoms with Crippen LogP contribution in [0.1, 0.15) is 39.5 Å². The number of carbonyl (C=O) groups is 1. The number of hydrogen-bond donors (Lipinski definition) is 1. The molecule has 0 bridgehead atoms. The van der Waals surface area contributed by atoms with Crippen LogP contribution in [0.15, 0.2) is 0 Å². The molecule has 1 amide bonds. The molecule has 0 spiro atoms. The van der Waals surface area contributed by atoms with Crippen molar-refractivity contribution in [3.63, 3.8) is 0 Å². The van der Waals surface area contributed by atoms with E-state index in [-0.39, 0.29) is 5.41 Å². The van der Waals surface area contributed by atoms with E-state index in [0.717, 1.165) is 32.5 Å². The highest BCUT2D eigenvalue weighted by atomic mass is 16.2. The second kappa shape index (κ2) is 5.57. The highest BCUT2D eigenvalue weighted by Crippen LogP contribution is 2.30. The highest BCUT2D eigenvalue weighted by molar-refractivity contribution is 5.83. The third-order valence-corrected chi connectivity index (χ3v) is 5.07. The van der Waals surface area contributed by atoms with Crippen molar-refractivity contribution >= 4 is 5.91 Å². The van der Waals surface area contributed by atoms with E-state index >= 15 is 0 Å². The number of rotatable bonds is 4. The van der Waals surface area contributed by atoms with Crippen LogP contribution in [0.25, 0.3) is 0 Å². The van der Waals surface area contributed by atoms with Crippen molar-refractivity contribution in [2.24, 2.45) is 11.1 Å². The number of nitrogens with two attached hydrogens (primary N) is 1. The molecule has 1 unspecified atom stereocenters. The average molecular weight is 253 g/mol. The predicted molar refractivity (Wildman–Crippen MR) is 73.2 cm³/mol. The fraction of sp³-hybridized carbons (Fsp3) is 0.929. The Morgan fingerprint density at radius 2 is 2.00 bits per heavy atom. The SMILES string of the molecule is CCC(CC)(CN)C(=O)N1CCN2CCCC2C1. The summed E-state index contributed by atoms with van der Waals surface area (Å²) in [6, 6.07) is 0.604. The largest absolute Gasteiger partial charge is 0.339 e. The topological polar surface area (TPSA) is 49.6 Å². The summed E-state index contributed by atoms with van der Waals surface area (Å²) in [7, 11) is 0. The molecule has 2 saturated heterocycles. The third-order valence-electron chi connectivity index (χ3n) is 5.07. The van der Waals surface area contributed by atoms with Gasteiger partial charge in [-0.3, -0.25) is 9.69 Å². The third kappa shape index (κ3) is 2.28. The molecule has 4 heteroatoms. The van der Waals surface area contributed by atoms with Crippen LogP contribution in [0, 0.1) is 5.41 Å². The average Bonchev–Trinajstić information content (AvgIpc) is 2.88. The van der Waals surface area contributed by atoms with E-state index in [9.17, 15) is 4.79 Å². The van der Waals surface area contributed by atoms with Crippen molar-refractivity contribution in [2.75, 3.05) is 32.7 Å². The molecule has 2 aliphatic heterocycles. The highest BCUT2D eigenvalue weighted by Gasteiger charge is 2.40. The minimum atomic E-state index is -0.319. The van der Waals surface area contributed by atoms with Gasteiger partial charge in [0.15, 0.2) is 0 Å². The molecule has 104 valence electrons. The van der Waals surface area contributed by atoms with Gasteiger partial charge in [-0.25, -0.2) is 0 Å². The molecule has 1 atom stereocenters. The van der Waals surface area contributed by atoms with Crippen molar-refractivity contribution in [1.82, 2.24) is 9.80 Å². The van der Waals surface area contributed by atoms with Crippen molar-refractivity contribution in [3.8, 4) is 0 Å². The Morgan fingerprint density at radius 1 is 1.28 bits per heavy atom. The van der Waals surface area contributed by atoms with Gasteiger partial charge in [0.05, 0.1) is 5.41 Å². The summed E-state index contributed by atoms with van der Waals surface area (Å²) < 4.78 is 0. The number of amides is 1. The van der Waals surface area contributed by atoms with Crippen LogP contribution in [-0.2, 0) is 4.79 Å². The van der Waals surface area contributed by atoms with Crippen molar-refractivity contribution < 1.29 is 4.79 Å². The first kappa shape index (κ1) is 13.8. The number of nitrogens with zero attached hydrogens (tertiary/aromatic N) is 2. The summed E-state index contributed by atoms with van der Waals surface area (Å²) in [4.78, 5) is 17.3. The zero-order chi connectivity index (χ0) is 13.2. The van der Waals surface area contributed by atoms with E-state index in [4.69, 9.17) is 5.73 Å². The molecular formula is C14H27N3O. The molecule has 18 heavy (non-hydrogen) atoms. The van der Waals surface area contributed by atoms with Gasteiger partial charge >= 0.3 is 0 Å². The zero-order valence-electron chi connectivity index (χ0n) is 11.8. The van der Waals surface area contributed by atoms with Crippen LogP contribution in [-0.4, -0.2) is 54.5 Å². The number of hydrogen-bond acceptors (Lipinski definition) is 3. The van der Waals surface area contributed by atoms with E-state index in [1.54, 1.807) is 0 Å². The maximum atomic E-state index is 12.7. The van der Waals surface area contributed by atoms with Gasteiger partial charge in [-0.15, -0.1) is 0 Å². The Kier molecular flexibility index (Phi) is 4.28. The Labute approximate surface area is 110 Å². The molecule has 0 aromatic heterocycles. The van der Waals surface area contributed by atoms with Crippen molar-refractivity contribution in [1.29, 1.82) is 0 Å². The summed E-state index contributed by atoms with van der Waals surface area (Å²) in [6.45, 7) is 8.71. The van der Waals surface area contributed by atoms with E-state index in [1.165, 1.54) is 19.4 Å². The Morgan fingerprint density at radius 3 is 2.61 bits per heavy atom. The van der Waals surface area contributed by atoms with Gasteiger partial charge in [-0.05, 0) is 32.2 Å². The van der Waals surface area contributed by atoms with E-state index in [1.807, 2.05) is 0 Å². The van der Waals surface area contributed by atoms with Crippen LogP contribution < -0.4 is 5.73 Å². The molecule has 0 aromatic carbocycles. The molecular weight excluding hydrogens is 226 g/mol. The lowest BCUT2D eigenvalue weighted by Gasteiger charge is -2.42. The number of fused-ring (bicyclic) bond motifs is 1. The molecule has 0 radical (unpaired) electrons. The summed E-state index contributed by atoms with van der Waals surface area (Å²) in [5, 5.41) is 0. The lowest BCUT2D eigenvalue weighted by atomic mass is 9.80. The Balaban J connectivity index is 2.04. The second-order valence-corrected chi connectivity index (χ2v) is 5.77. The predicted octanol–water partition coefficient (Wildman–Crippen LogP) is 1.06. The molecule has 4 nitrogen and oxygen atoms in total. The Bertz CT molecular complexity index is 293. The van der Waals surface area contributed by atoms with Crippen LogP contribution in [0.2, 0.25) is 0 Å². The quantitative estimate of drug-likeness (QED) is 0.815. The second-order valence-electron chi connectivity index (χ2n) is 5.77. The minimum absolute atomic E-state index is 0.293. The number of piperazine rings is 1. The van der Waals surface area contributed by atoms with Crippen LogP contribution in [0.3, 0.4) is 0 Å². The molecule has 2 fully saturated rings. The first-order chi connectivity index (χ1) is 8.66. The van der Waals surface area contributed by atoms with Gasteiger partial charge < -0.3 is 10.6 Å². The lowest BCUT2D eigenvalue weighted by molar-refractivity contribution is -0.144. The zero-order valence-corrected chi connectivity index (χ0v) is 11.8. The minimum Gasteiger partial charge on any atom is -0.339 e. The molecule has 2 heterocycles. The van der Waals surface area contributed by atoms with Gasteiger partial charge in [-0.1, -0.05) is 13.8 Å². The van der Waals surface area contributed by atoms with Gasteiger partial charge in [0, 0.05) is 32.2 Å².